The Balaban J connectivity index is 2.19. The summed E-state index contributed by atoms with van der Waals surface area (Å²) in [5, 5.41) is 3.49. The van der Waals surface area contributed by atoms with Gasteiger partial charge < -0.3 is 14.5 Å². The van der Waals surface area contributed by atoms with Gasteiger partial charge in [0.05, 0.1) is 18.9 Å². The molecular weight excluding hydrogens is 250 g/mol. The van der Waals surface area contributed by atoms with Crippen LogP contribution in [0.15, 0.2) is 41.0 Å². The average Bonchev–Trinajstić information content (AvgIpc) is 2.89. The molecule has 108 valence electrons. The van der Waals surface area contributed by atoms with Crippen molar-refractivity contribution in [3.05, 3.63) is 59.0 Å². The first-order valence-electron chi connectivity index (χ1n) is 7.11. The van der Waals surface area contributed by atoms with Crippen LogP contribution in [0.2, 0.25) is 0 Å². The minimum absolute atomic E-state index is 0.117. The summed E-state index contributed by atoms with van der Waals surface area (Å²) in [6, 6.07) is 10.8. The van der Waals surface area contributed by atoms with Gasteiger partial charge in [0.1, 0.15) is 5.76 Å². The first kappa shape index (κ1) is 14.8. The zero-order valence-corrected chi connectivity index (χ0v) is 12.5. The largest absolute Gasteiger partial charge is 0.467 e. The van der Waals surface area contributed by atoms with E-state index >= 15 is 0 Å². The third-order valence-corrected chi connectivity index (χ3v) is 3.48. The lowest BCUT2D eigenvalue weighted by molar-refractivity contribution is 0.202. The van der Waals surface area contributed by atoms with Crippen molar-refractivity contribution in [3.8, 4) is 0 Å². The average molecular weight is 273 g/mol. The van der Waals surface area contributed by atoms with Crippen LogP contribution in [0.4, 0.5) is 0 Å². The van der Waals surface area contributed by atoms with Gasteiger partial charge in [-0.1, -0.05) is 31.2 Å². The van der Waals surface area contributed by atoms with E-state index in [1.807, 2.05) is 6.07 Å². The van der Waals surface area contributed by atoms with Gasteiger partial charge in [0.15, 0.2) is 0 Å². The van der Waals surface area contributed by atoms with Gasteiger partial charge in [0.2, 0.25) is 0 Å². The van der Waals surface area contributed by atoms with Crippen LogP contribution in [-0.2, 0) is 11.2 Å². The van der Waals surface area contributed by atoms with Crippen molar-refractivity contribution in [2.75, 3.05) is 20.3 Å². The van der Waals surface area contributed by atoms with E-state index in [1.165, 1.54) is 16.7 Å². The van der Waals surface area contributed by atoms with E-state index in [-0.39, 0.29) is 6.04 Å². The van der Waals surface area contributed by atoms with Gasteiger partial charge in [-0.25, -0.2) is 0 Å². The van der Waals surface area contributed by atoms with Gasteiger partial charge in [-0.05, 0) is 42.6 Å². The maximum atomic E-state index is 5.65. The van der Waals surface area contributed by atoms with Crippen molar-refractivity contribution in [3.63, 3.8) is 0 Å². The topological polar surface area (TPSA) is 34.4 Å². The Morgan fingerprint density at radius 3 is 2.50 bits per heavy atom. The molecular formula is C17H23NO2. The Kier molecular flexibility index (Phi) is 5.39. The fraction of sp³-hybridized carbons (Fsp3) is 0.412. The molecule has 0 aliphatic carbocycles. The normalized spacial score (nSPS) is 12.6. The highest BCUT2D eigenvalue weighted by atomic mass is 16.5. The standard InChI is InChI=1S/C17H23NO2/c1-4-18-16(17-13(2)9-12-20-17)15-7-5-14(6-8-15)10-11-19-3/h5-9,12,16,18H,4,10-11H2,1-3H3. The summed E-state index contributed by atoms with van der Waals surface area (Å²) in [6.07, 6.45) is 2.70. The van der Waals surface area contributed by atoms with Gasteiger partial charge in [0.25, 0.3) is 0 Å². The van der Waals surface area contributed by atoms with Crippen LogP contribution in [0.1, 0.15) is 35.4 Å². The third kappa shape index (κ3) is 3.50. The zero-order valence-electron chi connectivity index (χ0n) is 12.5. The second kappa shape index (κ2) is 7.27. The van der Waals surface area contributed by atoms with E-state index < -0.39 is 0 Å². The van der Waals surface area contributed by atoms with Crippen LogP contribution < -0.4 is 5.32 Å². The number of ether oxygens (including phenoxy) is 1. The van der Waals surface area contributed by atoms with Crippen LogP contribution in [0, 0.1) is 6.92 Å². The number of methoxy groups -OCH3 is 1. The molecule has 2 aromatic rings. The van der Waals surface area contributed by atoms with Crippen molar-refractivity contribution < 1.29 is 9.15 Å². The Morgan fingerprint density at radius 1 is 1.20 bits per heavy atom. The summed E-state index contributed by atoms with van der Waals surface area (Å²) in [4.78, 5) is 0. The maximum absolute atomic E-state index is 5.65. The van der Waals surface area contributed by atoms with E-state index in [9.17, 15) is 0 Å². The quantitative estimate of drug-likeness (QED) is 0.838. The summed E-state index contributed by atoms with van der Waals surface area (Å²) in [5.41, 5.74) is 3.70. The molecule has 20 heavy (non-hydrogen) atoms. The van der Waals surface area contributed by atoms with E-state index in [4.69, 9.17) is 9.15 Å². The molecule has 0 radical (unpaired) electrons. The number of rotatable bonds is 7. The zero-order chi connectivity index (χ0) is 14.4. The number of furan rings is 1. The molecule has 2 rings (SSSR count). The molecule has 1 N–H and O–H groups in total. The molecule has 0 spiro atoms. The number of hydrogen-bond donors (Lipinski definition) is 1. The van der Waals surface area contributed by atoms with Crippen LogP contribution in [-0.4, -0.2) is 20.3 Å². The summed E-state index contributed by atoms with van der Waals surface area (Å²) in [6.45, 7) is 5.85. The van der Waals surface area contributed by atoms with E-state index in [0.29, 0.717) is 0 Å². The van der Waals surface area contributed by atoms with E-state index in [2.05, 4.69) is 43.4 Å². The lowest BCUT2D eigenvalue weighted by Crippen LogP contribution is -2.22. The molecule has 3 nitrogen and oxygen atoms in total. The lowest BCUT2D eigenvalue weighted by Gasteiger charge is -2.17. The molecule has 0 fully saturated rings. The molecule has 1 aromatic carbocycles. The van der Waals surface area contributed by atoms with Crippen LogP contribution in [0.5, 0.6) is 0 Å². The van der Waals surface area contributed by atoms with Crippen LogP contribution in [0.25, 0.3) is 0 Å². The molecule has 0 aliphatic rings. The predicted molar refractivity (Wildman–Crippen MR) is 81.0 cm³/mol. The third-order valence-electron chi connectivity index (χ3n) is 3.48. The molecule has 0 amide bonds. The number of aryl methyl sites for hydroxylation is 1. The SMILES string of the molecule is CCNC(c1ccc(CCOC)cc1)c1occc1C. The van der Waals surface area contributed by atoms with Crippen LogP contribution >= 0.6 is 0 Å². The van der Waals surface area contributed by atoms with Gasteiger partial charge >= 0.3 is 0 Å². The van der Waals surface area contributed by atoms with E-state index in [1.54, 1.807) is 13.4 Å². The summed E-state index contributed by atoms with van der Waals surface area (Å²) in [7, 11) is 1.73. The Hall–Kier alpha value is -1.58. The van der Waals surface area contributed by atoms with Crippen molar-refractivity contribution >= 4 is 0 Å². The van der Waals surface area contributed by atoms with Gasteiger partial charge in [-0.2, -0.15) is 0 Å². The monoisotopic (exact) mass is 273 g/mol. The fourth-order valence-electron chi connectivity index (χ4n) is 2.34. The van der Waals surface area contributed by atoms with Gasteiger partial charge in [-0.15, -0.1) is 0 Å². The highest BCUT2D eigenvalue weighted by molar-refractivity contribution is 5.32. The fourth-order valence-corrected chi connectivity index (χ4v) is 2.34. The molecule has 0 saturated carbocycles. The second-order valence-electron chi connectivity index (χ2n) is 4.94. The first-order chi connectivity index (χ1) is 9.76. The van der Waals surface area contributed by atoms with Gasteiger partial charge in [-0.3, -0.25) is 0 Å². The molecule has 0 saturated heterocycles. The smallest absolute Gasteiger partial charge is 0.128 e. The molecule has 0 bridgehead atoms. The number of hydrogen-bond acceptors (Lipinski definition) is 3. The summed E-state index contributed by atoms with van der Waals surface area (Å²) in [5.74, 6) is 0.997. The number of nitrogens with one attached hydrogen (secondary N) is 1. The highest BCUT2D eigenvalue weighted by Gasteiger charge is 2.18. The van der Waals surface area contributed by atoms with Gasteiger partial charge in [0, 0.05) is 7.11 Å². The van der Waals surface area contributed by atoms with Crippen LogP contribution in [0.3, 0.4) is 0 Å². The molecule has 1 heterocycles. The summed E-state index contributed by atoms with van der Waals surface area (Å²) >= 11 is 0. The molecule has 1 atom stereocenters. The second-order valence-corrected chi connectivity index (χ2v) is 4.94. The minimum atomic E-state index is 0.117. The van der Waals surface area contributed by atoms with Crippen molar-refractivity contribution in [1.29, 1.82) is 0 Å². The predicted octanol–water partition coefficient (Wildman–Crippen LogP) is 3.48. The van der Waals surface area contributed by atoms with Crippen molar-refractivity contribution in [2.24, 2.45) is 0 Å². The summed E-state index contributed by atoms with van der Waals surface area (Å²) < 4.78 is 10.8. The van der Waals surface area contributed by atoms with E-state index in [0.717, 1.165) is 25.3 Å². The number of benzene rings is 1. The molecule has 3 heteroatoms. The maximum Gasteiger partial charge on any atom is 0.128 e. The molecule has 1 aromatic heterocycles. The Labute approximate surface area is 121 Å². The Bertz CT molecular complexity index is 516. The van der Waals surface area contributed by atoms with Crippen molar-refractivity contribution in [2.45, 2.75) is 26.3 Å². The molecule has 1 unspecified atom stereocenters. The Morgan fingerprint density at radius 2 is 1.95 bits per heavy atom. The lowest BCUT2D eigenvalue weighted by atomic mass is 10.00. The highest BCUT2D eigenvalue weighted by Crippen LogP contribution is 2.26. The molecule has 0 aliphatic heterocycles. The minimum Gasteiger partial charge on any atom is -0.467 e. The first-order valence-corrected chi connectivity index (χ1v) is 7.11. The van der Waals surface area contributed by atoms with Crippen molar-refractivity contribution in [1.82, 2.24) is 5.32 Å².